The van der Waals surface area contributed by atoms with E-state index in [-0.39, 0.29) is 5.91 Å². The van der Waals surface area contributed by atoms with Gasteiger partial charge in [0.2, 0.25) is 0 Å². The van der Waals surface area contributed by atoms with Gasteiger partial charge < -0.3 is 9.64 Å². The molecule has 0 fully saturated rings. The Hall–Kier alpha value is -3.08. The molecule has 2 heterocycles. The summed E-state index contributed by atoms with van der Waals surface area (Å²) in [6.45, 7) is 4.55. The maximum atomic E-state index is 12.9. The van der Waals surface area contributed by atoms with Crippen LogP contribution >= 0.6 is 0 Å². The van der Waals surface area contributed by atoms with E-state index in [4.69, 9.17) is 4.74 Å². The van der Waals surface area contributed by atoms with Crippen LogP contribution in [0, 0.1) is 13.8 Å². The van der Waals surface area contributed by atoms with Crippen molar-refractivity contribution >= 4 is 5.91 Å². The van der Waals surface area contributed by atoms with Crippen molar-refractivity contribution in [3.05, 3.63) is 77.1 Å². The van der Waals surface area contributed by atoms with E-state index in [1.54, 1.807) is 4.90 Å². The van der Waals surface area contributed by atoms with Gasteiger partial charge in [0.25, 0.3) is 5.91 Å². The van der Waals surface area contributed by atoms with Crippen molar-refractivity contribution in [2.24, 2.45) is 0 Å². The topological polar surface area (TPSA) is 47.4 Å². The first-order valence-electron chi connectivity index (χ1n) is 9.14. The average Bonchev–Trinajstić information content (AvgIpc) is 3.24. The van der Waals surface area contributed by atoms with Crippen LogP contribution in [0.25, 0.3) is 5.69 Å². The molecule has 0 saturated heterocycles. The number of amides is 1. The van der Waals surface area contributed by atoms with E-state index in [2.05, 4.69) is 5.10 Å². The molecule has 0 saturated carbocycles. The number of carbonyl (C=O) groups is 1. The van der Waals surface area contributed by atoms with Crippen LogP contribution in [0.4, 0.5) is 0 Å². The number of benzene rings is 2. The third-order valence-corrected chi connectivity index (χ3v) is 5.14. The number of aryl methyl sites for hydroxylation is 1. The molecular weight excluding hydrogens is 338 g/mol. The molecule has 1 aromatic heterocycles. The normalized spacial score (nSPS) is 15.3. The standard InChI is InChI=1S/C22H23N3O2/c1-15-19(16(2)25(23-15)18-10-5-4-6-11-18)14-24(3)22(26)21-13-17-9-7-8-12-20(17)27-21/h4-12,21H,13-14H2,1-3H3/t21-/m1/s1. The SMILES string of the molecule is Cc1nn(-c2ccccc2)c(C)c1CN(C)C(=O)[C@H]1Cc2ccccc2O1. The minimum atomic E-state index is -0.447. The zero-order chi connectivity index (χ0) is 19.0. The summed E-state index contributed by atoms with van der Waals surface area (Å²) in [7, 11) is 1.83. The van der Waals surface area contributed by atoms with Crippen LogP contribution in [-0.2, 0) is 17.8 Å². The third kappa shape index (κ3) is 3.21. The van der Waals surface area contributed by atoms with Gasteiger partial charge >= 0.3 is 0 Å². The molecule has 27 heavy (non-hydrogen) atoms. The van der Waals surface area contributed by atoms with E-state index >= 15 is 0 Å². The Bertz CT molecular complexity index is 953. The molecule has 4 rings (SSSR count). The molecule has 1 atom stereocenters. The summed E-state index contributed by atoms with van der Waals surface area (Å²) in [5.74, 6) is 0.811. The summed E-state index contributed by atoms with van der Waals surface area (Å²) >= 11 is 0. The Morgan fingerprint density at radius 3 is 2.59 bits per heavy atom. The second-order valence-corrected chi connectivity index (χ2v) is 7.01. The van der Waals surface area contributed by atoms with Crippen molar-refractivity contribution in [3.8, 4) is 11.4 Å². The number of para-hydroxylation sites is 2. The van der Waals surface area contributed by atoms with Crippen molar-refractivity contribution in [2.75, 3.05) is 7.05 Å². The maximum absolute atomic E-state index is 12.9. The fourth-order valence-corrected chi connectivity index (χ4v) is 3.61. The number of fused-ring (bicyclic) bond motifs is 1. The van der Waals surface area contributed by atoms with E-state index in [1.807, 2.05) is 80.2 Å². The molecule has 0 bridgehead atoms. The lowest BCUT2D eigenvalue weighted by Crippen LogP contribution is -2.38. The van der Waals surface area contributed by atoms with Crippen molar-refractivity contribution < 1.29 is 9.53 Å². The Morgan fingerprint density at radius 1 is 1.15 bits per heavy atom. The number of rotatable bonds is 4. The molecule has 138 valence electrons. The molecule has 0 aliphatic carbocycles. The third-order valence-electron chi connectivity index (χ3n) is 5.14. The van der Waals surface area contributed by atoms with Gasteiger partial charge in [-0.25, -0.2) is 4.68 Å². The zero-order valence-electron chi connectivity index (χ0n) is 15.8. The van der Waals surface area contributed by atoms with Gasteiger partial charge in [0.15, 0.2) is 6.10 Å². The molecule has 3 aromatic rings. The monoisotopic (exact) mass is 361 g/mol. The van der Waals surface area contributed by atoms with Gasteiger partial charge in [-0.1, -0.05) is 36.4 Å². The van der Waals surface area contributed by atoms with Crippen LogP contribution in [0.2, 0.25) is 0 Å². The lowest BCUT2D eigenvalue weighted by atomic mass is 10.1. The predicted octanol–water partition coefficient (Wildman–Crippen LogP) is 3.45. The number of nitrogens with zero attached hydrogens (tertiary/aromatic N) is 3. The summed E-state index contributed by atoms with van der Waals surface area (Å²) in [5.41, 5.74) is 5.17. The molecular formula is C22H23N3O2. The molecule has 2 aromatic carbocycles. The number of carbonyl (C=O) groups excluding carboxylic acids is 1. The van der Waals surface area contributed by atoms with Crippen LogP contribution in [0.15, 0.2) is 54.6 Å². The van der Waals surface area contributed by atoms with Gasteiger partial charge in [0.1, 0.15) is 5.75 Å². The van der Waals surface area contributed by atoms with E-state index in [9.17, 15) is 4.79 Å². The highest BCUT2D eigenvalue weighted by molar-refractivity contribution is 5.82. The second-order valence-electron chi connectivity index (χ2n) is 7.01. The fourth-order valence-electron chi connectivity index (χ4n) is 3.61. The summed E-state index contributed by atoms with van der Waals surface area (Å²) in [5, 5.41) is 4.67. The van der Waals surface area contributed by atoms with Crippen LogP contribution in [0.5, 0.6) is 5.75 Å². The number of ether oxygens (including phenoxy) is 1. The smallest absolute Gasteiger partial charge is 0.264 e. The first-order valence-corrected chi connectivity index (χ1v) is 9.14. The van der Waals surface area contributed by atoms with Crippen molar-refractivity contribution in [1.29, 1.82) is 0 Å². The van der Waals surface area contributed by atoms with Crippen LogP contribution in [0.3, 0.4) is 0 Å². The van der Waals surface area contributed by atoms with E-state index in [0.29, 0.717) is 13.0 Å². The molecule has 0 radical (unpaired) electrons. The molecule has 1 amide bonds. The van der Waals surface area contributed by atoms with E-state index < -0.39 is 6.10 Å². The number of aromatic nitrogens is 2. The summed E-state index contributed by atoms with van der Waals surface area (Å²) < 4.78 is 7.79. The largest absolute Gasteiger partial charge is 0.480 e. The highest BCUT2D eigenvalue weighted by Gasteiger charge is 2.31. The Morgan fingerprint density at radius 2 is 1.85 bits per heavy atom. The Kier molecular flexibility index (Phi) is 4.44. The summed E-state index contributed by atoms with van der Waals surface area (Å²) in [6.07, 6.45) is 0.179. The maximum Gasteiger partial charge on any atom is 0.264 e. The molecule has 5 nitrogen and oxygen atoms in total. The van der Waals surface area contributed by atoms with Gasteiger partial charge in [-0.2, -0.15) is 5.10 Å². The Balaban J connectivity index is 1.51. The van der Waals surface area contributed by atoms with Crippen LogP contribution in [-0.4, -0.2) is 33.7 Å². The lowest BCUT2D eigenvalue weighted by molar-refractivity contribution is -0.137. The molecule has 0 N–H and O–H groups in total. The Labute approximate surface area is 159 Å². The van der Waals surface area contributed by atoms with E-state index in [1.165, 1.54) is 0 Å². The fraction of sp³-hybridized carbons (Fsp3) is 0.273. The van der Waals surface area contributed by atoms with Gasteiger partial charge in [-0.3, -0.25) is 4.79 Å². The lowest BCUT2D eigenvalue weighted by Gasteiger charge is -2.21. The van der Waals surface area contributed by atoms with Crippen molar-refractivity contribution in [1.82, 2.24) is 14.7 Å². The number of likely N-dealkylation sites (N-methyl/N-ethyl adjacent to an activating group) is 1. The highest BCUT2D eigenvalue weighted by Crippen LogP contribution is 2.29. The van der Waals surface area contributed by atoms with Gasteiger partial charge in [-0.05, 0) is 37.6 Å². The van der Waals surface area contributed by atoms with Crippen LogP contribution < -0.4 is 4.74 Å². The van der Waals surface area contributed by atoms with Crippen LogP contribution in [0.1, 0.15) is 22.5 Å². The van der Waals surface area contributed by atoms with Gasteiger partial charge in [0.05, 0.1) is 11.4 Å². The molecule has 0 spiro atoms. The van der Waals surface area contributed by atoms with E-state index in [0.717, 1.165) is 34.0 Å². The van der Waals surface area contributed by atoms with Gasteiger partial charge in [0, 0.05) is 31.3 Å². The second kappa shape index (κ2) is 6.91. The summed E-state index contributed by atoms with van der Waals surface area (Å²) in [4.78, 5) is 14.6. The predicted molar refractivity (Wildman–Crippen MR) is 104 cm³/mol. The molecule has 0 unspecified atom stereocenters. The zero-order valence-corrected chi connectivity index (χ0v) is 15.8. The highest BCUT2D eigenvalue weighted by atomic mass is 16.5. The minimum Gasteiger partial charge on any atom is -0.480 e. The minimum absolute atomic E-state index is 0.00235. The molecule has 1 aliphatic heterocycles. The molecule has 5 heteroatoms. The summed E-state index contributed by atoms with van der Waals surface area (Å²) in [6, 6.07) is 17.9. The van der Waals surface area contributed by atoms with Gasteiger partial charge in [-0.15, -0.1) is 0 Å². The first-order chi connectivity index (χ1) is 13.0. The van der Waals surface area contributed by atoms with Crippen molar-refractivity contribution in [2.45, 2.75) is 32.9 Å². The number of hydrogen-bond acceptors (Lipinski definition) is 3. The first kappa shape index (κ1) is 17.3. The van der Waals surface area contributed by atoms with Crippen molar-refractivity contribution in [3.63, 3.8) is 0 Å². The quantitative estimate of drug-likeness (QED) is 0.715. The average molecular weight is 361 g/mol. The number of hydrogen-bond donors (Lipinski definition) is 0. The molecule has 1 aliphatic rings.